The second-order valence-corrected chi connectivity index (χ2v) is 9.25. The summed E-state index contributed by atoms with van der Waals surface area (Å²) in [6, 6.07) is 6.87. The standard InChI is InChI=1S/C21H22N6O4S/c1-30-18-5-4-16-19-17(11-24-20(16)26-18)25-21(13-6-8-31-9-7-13)27(19)12-14-2-3-15(10-23-14)32(22,28)29/h2-5,10-11,13H,6-9,12H2,1H3,(H2,22,28,29). The zero-order chi connectivity index (χ0) is 22.3. The van der Waals surface area contributed by atoms with Gasteiger partial charge in [0.15, 0.2) is 5.65 Å². The summed E-state index contributed by atoms with van der Waals surface area (Å²) in [5.41, 5.74) is 2.93. The molecule has 1 aliphatic heterocycles. The highest BCUT2D eigenvalue weighted by Gasteiger charge is 2.25. The zero-order valence-corrected chi connectivity index (χ0v) is 18.2. The molecule has 166 valence electrons. The Bertz CT molecular complexity index is 1400. The Hall–Kier alpha value is -3.15. The molecule has 0 radical (unpaired) electrons. The molecule has 0 aromatic carbocycles. The van der Waals surface area contributed by atoms with Gasteiger partial charge >= 0.3 is 0 Å². The summed E-state index contributed by atoms with van der Waals surface area (Å²) >= 11 is 0. The lowest BCUT2D eigenvalue weighted by atomic mass is 9.99. The fourth-order valence-corrected chi connectivity index (χ4v) is 4.53. The monoisotopic (exact) mass is 454 g/mol. The highest BCUT2D eigenvalue weighted by atomic mass is 32.2. The zero-order valence-electron chi connectivity index (χ0n) is 17.4. The van der Waals surface area contributed by atoms with Crippen molar-refractivity contribution in [3.63, 3.8) is 0 Å². The van der Waals surface area contributed by atoms with E-state index in [1.165, 1.54) is 12.3 Å². The number of hydrogen-bond acceptors (Lipinski definition) is 8. The summed E-state index contributed by atoms with van der Waals surface area (Å²) in [7, 11) is -2.23. The topological polar surface area (TPSA) is 135 Å². The Morgan fingerprint density at radius 1 is 1.12 bits per heavy atom. The van der Waals surface area contributed by atoms with Crippen molar-refractivity contribution >= 4 is 32.1 Å². The third kappa shape index (κ3) is 3.78. The van der Waals surface area contributed by atoms with Gasteiger partial charge in [-0.1, -0.05) is 0 Å². The van der Waals surface area contributed by atoms with E-state index in [4.69, 9.17) is 19.6 Å². The summed E-state index contributed by atoms with van der Waals surface area (Å²) < 4.78 is 36.1. The third-order valence-corrected chi connectivity index (χ3v) is 6.58. The maximum Gasteiger partial charge on any atom is 0.239 e. The van der Waals surface area contributed by atoms with Crippen LogP contribution in [0.25, 0.3) is 22.1 Å². The van der Waals surface area contributed by atoms with Gasteiger partial charge in [-0.3, -0.25) is 4.98 Å². The molecule has 2 N–H and O–H groups in total. The number of nitrogens with two attached hydrogens (primary N) is 1. The van der Waals surface area contributed by atoms with Crippen molar-refractivity contribution in [3.05, 3.63) is 48.2 Å². The van der Waals surface area contributed by atoms with Crippen LogP contribution in [0.1, 0.15) is 30.3 Å². The molecule has 5 heterocycles. The number of nitrogens with zero attached hydrogens (tertiary/aromatic N) is 5. The molecule has 1 fully saturated rings. The van der Waals surface area contributed by atoms with Crippen LogP contribution >= 0.6 is 0 Å². The Labute approximate surface area is 184 Å². The number of sulfonamides is 1. The maximum absolute atomic E-state index is 11.6. The van der Waals surface area contributed by atoms with Gasteiger partial charge in [0.05, 0.1) is 31.1 Å². The van der Waals surface area contributed by atoms with Crippen LogP contribution in [-0.4, -0.2) is 53.2 Å². The van der Waals surface area contributed by atoms with E-state index in [0.717, 1.165) is 35.1 Å². The minimum atomic E-state index is -3.80. The number of ether oxygens (including phenoxy) is 2. The molecule has 0 unspecified atom stereocenters. The van der Waals surface area contributed by atoms with Crippen LogP contribution in [0, 0.1) is 0 Å². The van der Waals surface area contributed by atoms with Crippen molar-refractivity contribution in [3.8, 4) is 5.88 Å². The number of pyridine rings is 3. The van der Waals surface area contributed by atoms with Gasteiger partial charge in [-0.15, -0.1) is 0 Å². The molecule has 4 aromatic heterocycles. The number of imidazole rings is 1. The smallest absolute Gasteiger partial charge is 0.239 e. The predicted molar refractivity (Wildman–Crippen MR) is 117 cm³/mol. The van der Waals surface area contributed by atoms with Gasteiger partial charge < -0.3 is 14.0 Å². The SMILES string of the molecule is COc1ccc2c(ncc3nc(C4CCOCC4)n(Cc4ccc(S(N)(=O)=O)cn4)c32)n1. The molecule has 5 rings (SSSR count). The van der Waals surface area contributed by atoms with Crippen molar-refractivity contribution in [2.45, 2.75) is 30.2 Å². The van der Waals surface area contributed by atoms with Gasteiger partial charge in [0.2, 0.25) is 15.9 Å². The molecule has 0 bridgehead atoms. The first-order valence-electron chi connectivity index (χ1n) is 10.2. The molecule has 11 heteroatoms. The minimum absolute atomic E-state index is 0.0210. The van der Waals surface area contributed by atoms with E-state index < -0.39 is 10.0 Å². The number of primary sulfonamides is 1. The van der Waals surface area contributed by atoms with Gasteiger partial charge in [-0.05, 0) is 31.0 Å². The lowest BCUT2D eigenvalue weighted by molar-refractivity contribution is 0.0830. The molecule has 0 spiro atoms. The minimum Gasteiger partial charge on any atom is -0.481 e. The molecule has 1 aliphatic rings. The van der Waals surface area contributed by atoms with Gasteiger partial charge in [0.25, 0.3) is 0 Å². The van der Waals surface area contributed by atoms with Crippen LogP contribution in [0.3, 0.4) is 0 Å². The first-order valence-corrected chi connectivity index (χ1v) is 11.7. The quantitative estimate of drug-likeness (QED) is 0.483. The van der Waals surface area contributed by atoms with Crippen molar-refractivity contribution in [1.29, 1.82) is 0 Å². The van der Waals surface area contributed by atoms with Gasteiger partial charge in [-0.2, -0.15) is 4.98 Å². The fourth-order valence-electron chi connectivity index (χ4n) is 4.08. The summed E-state index contributed by atoms with van der Waals surface area (Å²) in [5, 5.41) is 6.06. The van der Waals surface area contributed by atoms with Crippen LogP contribution < -0.4 is 9.88 Å². The Kier molecular flexibility index (Phi) is 5.24. The number of fused-ring (bicyclic) bond motifs is 3. The van der Waals surface area contributed by atoms with E-state index in [2.05, 4.69) is 19.5 Å². The van der Waals surface area contributed by atoms with Crippen LogP contribution in [0.4, 0.5) is 0 Å². The van der Waals surface area contributed by atoms with E-state index in [1.54, 1.807) is 25.4 Å². The van der Waals surface area contributed by atoms with Crippen LogP contribution in [0.15, 0.2) is 41.6 Å². The molecule has 4 aromatic rings. The molecule has 0 amide bonds. The summed E-state index contributed by atoms with van der Waals surface area (Å²) in [4.78, 5) is 18.2. The Morgan fingerprint density at radius 3 is 2.62 bits per heavy atom. The van der Waals surface area contributed by atoms with Crippen LogP contribution in [0.2, 0.25) is 0 Å². The number of aromatic nitrogens is 5. The van der Waals surface area contributed by atoms with Crippen molar-refractivity contribution in [2.75, 3.05) is 20.3 Å². The largest absolute Gasteiger partial charge is 0.481 e. The fraction of sp³-hybridized carbons (Fsp3) is 0.333. The molecule has 1 saturated heterocycles. The second kappa shape index (κ2) is 8.08. The van der Waals surface area contributed by atoms with Crippen molar-refractivity contribution in [2.24, 2.45) is 5.14 Å². The van der Waals surface area contributed by atoms with E-state index in [1.807, 2.05) is 6.07 Å². The molecular formula is C21H22N6O4S. The highest BCUT2D eigenvalue weighted by Crippen LogP contribution is 2.33. The Morgan fingerprint density at radius 2 is 1.94 bits per heavy atom. The average molecular weight is 455 g/mol. The lowest BCUT2D eigenvalue weighted by Gasteiger charge is -2.22. The van der Waals surface area contributed by atoms with Gasteiger partial charge in [0.1, 0.15) is 16.2 Å². The third-order valence-electron chi connectivity index (χ3n) is 5.68. The average Bonchev–Trinajstić information content (AvgIpc) is 3.17. The maximum atomic E-state index is 11.6. The molecule has 0 saturated carbocycles. The van der Waals surface area contributed by atoms with E-state index in [0.29, 0.717) is 37.0 Å². The summed E-state index contributed by atoms with van der Waals surface area (Å²) in [6.45, 7) is 1.79. The molecule has 0 aliphatic carbocycles. The van der Waals surface area contributed by atoms with E-state index in [9.17, 15) is 8.42 Å². The number of rotatable bonds is 5. The summed E-state index contributed by atoms with van der Waals surface area (Å²) in [5.74, 6) is 1.66. The van der Waals surface area contributed by atoms with Crippen LogP contribution in [0.5, 0.6) is 5.88 Å². The molecular weight excluding hydrogens is 432 g/mol. The normalized spacial score (nSPS) is 15.4. The molecule has 0 atom stereocenters. The second-order valence-electron chi connectivity index (χ2n) is 7.69. The van der Waals surface area contributed by atoms with Gasteiger partial charge in [0, 0.05) is 36.8 Å². The molecule has 10 nitrogen and oxygen atoms in total. The van der Waals surface area contributed by atoms with E-state index in [-0.39, 0.29) is 10.8 Å². The first-order chi connectivity index (χ1) is 15.4. The summed E-state index contributed by atoms with van der Waals surface area (Å²) in [6.07, 6.45) is 4.75. The Balaban J connectivity index is 1.67. The first kappa shape index (κ1) is 20.7. The van der Waals surface area contributed by atoms with Crippen LogP contribution in [-0.2, 0) is 21.3 Å². The lowest BCUT2D eigenvalue weighted by Crippen LogP contribution is -2.19. The molecule has 32 heavy (non-hydrogen) atoms. The number of hydrogen-bond donors (Lipinski definition) is 1. The van der Waals surface area contributed by atoms with Crippen molar-refractivity contribution < 1.29 is 17.9 Å². The highest BCUT2D eigenvalue weighted by molar-refractivity contribution is 7.89. The van der Waals surface area contributed by atoms with Crippen molar-refractivity contribution in [1.82, 2.24) is 24.5 Å². The van der Waals surface area contributed by atoms with E-state index >= 15 is 0 Å². The predicted octanol–water partition coefficient (Wildman–Crippen LogP) is 1.97. The number of methoxy groups -OCH3 is 1. The van der Waals surface area contributed by atoms with Gasteiger partial charge in [-0.25, -0.2) is 23.5 Å².